The summed E-state index contributed by atoms with van der Waals surface area (Å²) in [6.45, 7) is 12.0. The van der Waals surface area contributed by atoms with Gasteiger partial charge in [0, 0.05) is 13.1 Å². The molecule has 5 nitrogen and oxygen atoms in total. The quantitative estimate of drug-likeness (QED) is 0.500. The van der Waals surface area contributed by atoms with Gasteiger partial charge in [0.25, 0.3) is 0 Å². The monoisotopic (exact) mass is 268 g/mol. The molecule has 5 heteroatoms. The fourth-order valence-corrected chi connectivity index (χ4v) is 1.62. The van der Waals surface area contributed by atoms with Crippen molar-refractivity contribution < 1.29 is 14.3 Å². The van der Waals surface area contributed by atoms with E-state index in [4.69, 9.17) is 4.74 Å². The summed E-state index contributed by atoms with van der Waals surface area (Å²) in [7, 11) is 1.34. The Morgan fingerprint density at radius 1 is 1.26 bits per heavy atom. The summed E-state index contributed by atoms with van der Waals surface area (Å²) in [6, 6.07) is -0.483. The van der Waals surface area contributed by atoms with Crippen molar-refractivity contribution in [3.63, 3.8) is 0 Å². The number of carbonyl (C=O) groups is 2. The molecule has 1 N–H and O–H groups in total. The molecule has 0 fully saturated rings. The van der Waals surface area contributed by atoms with E-state index >= 15 is 0 Å². The van der Waals surface area contributed by atoms with Gasteiger partial charge in [0.2, 0.25) is 5.91 Å². The van der Waals surface area contributed by atoms with Crippen LogP contribution < -0.4 is 5.32 Å². The molecule has 1 atom stereocenters. The molecular formula is C14H24N2O3. The Balaban J connectivity index is 4.48. The molecule has 0 saturated carbocycles. The highest BCUT2D eigenvalue weighted by Gasteiger charge is 2.23. The average Bonchev–Trinajstić information content (AvgIpc) is 2.37. The summed E-state index contributed by atoms with van der Waals surface area (Å²) < 4.78 is 4.70. The highest BCUT2D eigenvalue weighted by Crippen LogP contribution is 2.03. The van der Waals surface area contributed by atoms with Crippen LogP contribution in [0.1, 0.15) is 13.8 Å². The van der Waals surface area contributed by atoms with Crippen LogP contribution in [-0.4, -0.2) is 49.6 Å². The lowest BCUT2D eigenvalue weighted by Crippen LogP contribution is -2.47. The van der Waals surface area contributed by atoms with E-state index in [1.165, 1.54) is 7.11 Å². The van der Waals surface area contributed by atoms with Crippen LogP contribution in [0.4, 0.5) is 0 Å². The molecule has 108 valence electrons. The first-order chi connectivity index (χ1) is 8.97. The van der Waals surface area contributed by atoms with Crippen molar-refractivity contribution in [3.05, 3.63) is 25.3 Å². The van der Waals surface area contributed by atoms with Crippen LogP contribution in [0.3, 0.4) is 0 Å². The maximum Gasteiger partial charge on any atom is 0.323 e. The van der Waals surface area contributed by atoms with Gasteiger partial charge in [-0.2, -0.15) is 0 Å². The molecule has 0 aliphatic rings. The van der Waals surface area contributed by atoms with Crippen molar-refractivity contribution in [1.82, 2.24) is 10.2 Å². The van der Waals surface area contributed by atoms with Crippen molar-refractivity contribution in [2.24, 2.45) is 5.92 Å². The maximum absolute atomic E-state index is 12.0. The molecule has 0 saturated heterocycles. The lowest BCUT2D eigenvalue weighted by Gasteiger charge is -2.23. The van der Waals surface area contributed by atoms with Crippen LogP contribution in [0.5, 0.6) is 0 Å². The predicted octanol–water partition coefficient (Wildman–Crippen LogP) is 0.974. The molecule has 0 bridgehead atoms. The molecule has 1 amide bonds. The Bertz CT molecular complexity index is 317. The third-order valence-corrected chi connectivity index (χ3v) is 2.65. The first kappa shape index (κ1) is 17.4. The number of ether oxygens (including phenoxy) is 1. The van der Waals surface area contributed by atoms with Crippen molar-refractivity contribution in [2.75, 3.05) is 26.7 Å². The van der Waals surface area contributed by atoms with Gasteiger partial charge in [0.15, 0.2) is 0 Å². The highest BCUT2D eigenvalue weighted by molar-refractivity contribution is 5.81. The fourth-order valence-electron chi connectivity index (χ4n) is 1.62. The number of hydrogen-bond acceptors (Lipinski definition) is 4. The molecule has 19 heavy (non-hydrogen) atoms. The number of nitrogens with zero attached hydrogens (tertiary/aromatic N) is 1. The zero-order chi connectivity index (χ0) is 14.8. The zero-order valence-electron chi connectivity index (χ0n) is 12.0. The van der Waals surface area contributed by atoms with Gasteiger partial charge in [-0.05, 0) is 5.92 Å². The second kappa shape index (κ2) is 9.33. The van der Waals surface area contributed by atoms with Crippen LogP contribution in [0.15, 0.2) is 25.3 Å². The molecule has 0 aromatic rings. The molecule has 0 aromatic heterocycles. The number of carbonyl (C=O) groups excluding carboxylic acids is 2. The van der Waals surface area contributed by atoms with Gasteiger partial charge in [-0.15, -0.1) is 13.2 Å². The average molecular weight is 268 g/mol. The predicted molar refractivity (Wildman–Crippen MR) is 75.6 cm³/mol. The van der Waals surface area contributed by atoms with Crippen molar-refractivity contribution >= 4 is 11.9 Å². The Labute approximate surface area is 115 Å². The van der Waals surface area contributed by atoms with Gasteiger partial charge < -0.3 is 9.64 Å². The van der Waals surface area contributed by atoms with E-state index in [2.05, 4.69) is 18.5 Å². The number of rotatable bonds is 9. The van der Waals surface area contributed by atoms with E-state index in [0.29, 0.717) is 13.1 Å². The normalized spacial score (nSPS) is 11.8. The molecule has 0 rings (SSSR count). The standard InChI is InChI=1S/C14H24N2O3/c1-6-8-16(9-7-2)12(17)10-15-13(11(3)4)14(18)19-5/h6-7,11,13,15H,1-2,8-10H2,3-5H3. The molecule has 0 aliphatic heterocycles. The number of nitrogens with one attached hydrogen (secondary N) is 1. The summed E-state index contributed by atoms with van der Waals surface area (Å²) in [4.78, 5) is 25.1. The van der Waals surface area contributed by atoms with Crippen molar-refractivity contribution in [2.45, 2.75) is 19.9 Å². The Morgan fingerprint density at radius 2 is 1.79 bits per heavy atom. The number of hydrogen-bond donors (Lipinski definition) is 1. The van der Waals surface area contributed by atoms with Crippen LogP contribution in [0, 0.1) is 5.92 Å². The van der Waals surface area contributed by atoms with Gasteiger partial charge in [-0.3, -0.25) is 14.9 Å². The minimum absolute atomic E-state index is 0.0486. The van der Waals surface area contributed by atoms with Crippen LogP contribution >= 0.6 is 0 Å². The van der Waals surface area contributed by atoms with Crippen LogP contribution in [-0.2, 0) is 14.3 Å². The first-order valence-electron chi connectivity index (χ1n) is 6.28. The fraction of sp³-hybridized carbons (Fsp3) is 0.571. The summed E-state index contributed by atoms with van der Waals surface area (Å²) >= 11 is 0. The lowest BCUT2D eigenvalue weighted by molar-refractivity contribution is -0.144. The molecule has 0 radical (unpaired) electrons. The van der Waals surface area contributed by atoms with Gasteiger partial charge in [-0.25, -0.2) is 0 Å². The molecular weight excluding hydrogens is 244 g/mol. The van der Waals surface area contributed by atoms with Crippen LogP contribution in [0.2, 0.25) is 0 Å². The highest BCUT2D eigenvalue weighted by atomic mass is 16.5. The van der Waals surface area contributed by atoms with E-state index in [1.54, 1.807) is 17.1 Å². The van der Waals surface area contributed by atoms with Gasteiger partial charge in [0.1, 0.15) is 6.04 Å². The minimum atomic E-state index is -0.483. The zero-order valence-corrected chi connectivity index (χ0v) is 12.0. The second-order valence-electron chi connectivity index (χ2n) is 4.50. The second-order valence-corrected chi connectivity index (χ2v) is 4.50. The number of methoxy groups -OCH3 is 1. The van der Waals surface area contributed by atoms with E-state index in [9.17, 15) is 9.59 Å². The molecule has 0 aromatic carbocycles. The maximum atomic E-state index is 12.0. The van der Waals surface area contributed by atoms with E-state index in [0.717, 1.165) is 0 Å². The van der Waals surface area contributed by atoms with Crippen molar-refractivity contribution in [1.29, 1.82) is 0 Å². The summed E-state index contributed by atoms with van der Waals surface area (Å²) in [5.41, 5.74) is 0. The smallest absolute Gasteiger partial charge is 0.323 e. The van der Waals surface area contributed by atoms with Gasteiger partial charge in [0.05, 0.1) is 13.7 Å². The van der Waals surface area contributed by atoms with E-state index in [-0.39, 0.29) is 24.3 Å². The summed E-state index contributed by atoms with van der Waals surface area (Å²) in [5.74, 6) is -0.413. The van der Waals surface area contributed by atoms with Crippen molar-refractivity contribution in [3.8, 4) is 0 Å². The lowest BCUT2D eigenvalue weighted by atomic mass is 10.0. The van der Waals surface area contributed by atoms with E-state index < -0.39 is 6.04 Å². The molecule has 1 unspecified atom stereocenters. The number of esters is 1. The Hall–Kier alpha value is -1.62. The molecule has 0 spiro atoms. The molecule has 0 aliphatic carbocycles. The third kappa shape index (κ3) is 6.20. The number of amides is 1. The van der Waals surface area contributed by atoms with Crippen LogP contribution in [0.25, 0.3) is 0 Å². The summed E-state index contributed by atoms with van der Waals surface area (Å²) in [5, 5.41) is 2.93. The van der Waals surface area contributed by atoms with Gasteiger partial charge >= 0.3 is 5.97 Å². The minimum Gasteiger partial charge on any atom is -0.468 e. The molecule has 0 heterocycles. The third-order valence-electron chi connectivity index (χ3n) is 2.65. The summed E-state index contributed by atoms with van der Waals surface area (Å²) in [6.07, 6.45) is 3.31. The largest absolute Gasteiger partial charge is 0.468 e. The topological polar surface area (TPSA) is 58.6 Å². The van der Waals surface area contributed by atoms with E-state index in [1.807, 2.05) is 13.8 Å². The Morgan fingerprint density at radius 3 is 2.16 bits per heavy atom. The first-order valence-corrected chi connectivity index (χ1v) is 6.28. The van der Waals surface area contributed by atoms with Gasteiger partial charge in [-0.1, -0.05) is 26.0 Å². The Kier molecular flexibility index (Phi) is 8.53. The SMILES string of the molecule is C=CCN(CC=C)C(=O)CNC(C(=O)OC)C(C)C.